The largest absolute Gasteiger partial charge is 0.378 e. The van der Waals surface area contributed by atoms with Crippen LogP contribution in [0.15, 0.2) is 54.6 Å². The number of morpholine rings is 1. The van der Waals surface area contributed by atoms with Crippen molar-refractivity contribution in [2.75, 3.05) is 41.8 Å². The first kappa shape index (κ1) is 19.8. The summed E-state index contributed by atoms with van der Waals surface area (Å²) in [6, 6.07) is 15.3. The van der Waals surface area contributed by atoms with Crippen molar-refractivity contribution in [3.05, 3.63) is 66.0 Å². The van der Waals surface area contributed by atoms with E-state index in [0.29, 0.717) is 35.8 Å². The fourth-order valence-corrected chi connectivity index (χ4v) is 3.22. The first-order valence-electron chi connectivity index (χ1n) is 9.70. The highest BCUT2D eigenvalue weighted by atomic mass is 19.1. The number of nitrogens with one attached hydrogen (secondary N) is 2. The van der Waals surface area contributed by atoms with Crippen molar-refractivity contribution in [3.8, 4) is 11.3 Å². The van der Waals surface area contributed by atoms with Gasteiger partial charge in [0.15, 0.2) is 5.82 Å². The Labute approximate surface area is 173 Å². The van der Waals surface area contributed by atoms with E-state index in [4.69, 9.17) is 4.74 Å². The summed E-state index contributed by atoms with van der Waals surface area (Å²) < 4.78 is 19.0. The van der Waals surface area contributed by atoms with Crippen molar-refractivity contribution in [2.24, 2.45) is 0 Å². The van der Waals surface area contributed by atoms with Crippen LogP contribution in [0.5, 0.6) is 0 Å². The minimum absolute atomic E-state index is 0.367. The number of urea groups is 1. The lowest BCUT2D eigenvalue weighted by Gasteiger charge is -2.27. The van der Waals surface area contributed by atoms with Gasteiger partial charge in [0, 0.05) is 35.6 Å². The monoisotopic (exact) mass is 407 g/mol. The summed E-state index contributed by atoms with van der Waals surface area (Å²) in [6.07, 6.45) is 0. The van der Waals surface area contributed by atoms with E-state index >= 15 is 0 Å². The molecule has 7 nitrogen and oxygen atoms in total. The molecular weight excluding hydrogens is 385 g/mol. The smallest absolute Gasteiger partial charge is 0.323 e. The first-order valence-corrected chi connectivity index (χ1v) is 9.70. The molecule has 0 aliphatic carbocycles. The molecule has 4 rings (SSSR count). The summed E-state index contributed by atoms with van der Waals surface area (Å²) in [6.45, 7) is 4.59. The van der Waals surface area contributed by atoms with Crippen LogP contribution < -0.4 is 15.5 Å². The van der Waals surface area contributed by atoms with Crippen molar-refractivity contribution in [1.82, 2.24) is 10.2 Å². The highest BCUT2D eigenvalue weighted by Gasteiger charge is 2.13. The number of amides is 2. The number of aromatic nitrogens is 2. The fourth-order valence-electron chi connectivity index (χ4n) is 3.22. The van der Waals surface area contributed by atoms with Crippen LogP contribution in [0.1, 0.15) is 5.56 Å². The lowest BCUT2D eigenvalue weighted by Crippen LogP contribution is -2.36. The van der Waals surface area contributed by atoms with Crippen LogP contribution in [0.3, 0.4) is 0 Å². The molecule has 1 saturated heterocycles. The highest BCUT2D eigenvalue weighted by Crippen LogP contribution is 2.23. The van der Waals surface area contributed by atoms with Crippen molar-refractivity contribution in [1.29, 1.82) is 0 Å². The molecule has 0 spiro atoms. The van der Waals surface area contributed by atoms with Crippen LogP contribution in [0.25, 0.3) is 11.3 Å². The number of benzene rings is 2. The number of hydrogen-bond acceptors (Lipinski definition) is 5. The van der Waals surface area contributed by atoms with Gasteiger partial charge in [0.1, 0.15) is 5.82 Å². The van der Waals surface area contributed by atoms with Gasteiger partial charge < -0.3 is 20.3 Å². The number of ether oxygens (including phenoxy) is 1. The maximum atomic E-state index is 13.7. The van der Waals surface area contributed by atoms with Crippen molar-refractivity contribution in [3.63, 3.8) is 0 Å². The molecule has 0 unspecified atom stereocenters. The Morgan fingerprint density at radius 3 is 2.60 bits per heavy atom. The van der Waals surface area contributed by atoms with E-state index in [9.17, 15) is 9.18 Å². The molecule has 2 aromatic carbocycles. The number of anilines is 3. The molecular formula is C22H22FN5O2. The molecule has 0 bridgehead atoms. The SMILES string of the molecule is Cc1c(F)cccc1NC(=O)Nc1cccc(-c2ccc(N3CCOCC3)nn2)c1. The van der Waals surface area contributed by atoms with Gasteiger partial charge in [0.25, 0.3) is 0 Å². The molecule has 30 heavy (non-hydrogen) atoms. The predicted octanol–water partition coefficient (Wildman–Crippen LogP) is 4.07. The topological polar surface area (TPSA) is 79.4 Å². The number of rotatable bonds is 4. The average Bonchev–Trinajstić information content (AvgIpc) is 2.78. The maximum Gasteiger partial charge on any atom is 0.323 e. The lowest BCUT2D eigenvalue weighted by atomic mass is 10.1. The molecule has 2 amide bonds. The van der Waals surface area contributed by atoms with Crippen molar-refractivity contribution >= 4 is 23.2 Å². The van der Waals surface area contributed by atoms with Crippen molar-refractivity contribution < 1.29 is 13.9 Å². The van der Waals surface area contributed by atoms with Gasteiger partial charge in [-0.2, -0.15) is 0 Å². The average molecular weight is 407 g/mol. The summed E-state index contributed by atoms with van der Waals surface area (Å²) in [4.78, 5) is 14.5. The van der Waals surface area contributed by atoms with Gasteiger partial charge in [-0.05, 0) is 43.3 Å². The first-order chi connectivity index (χ1) is 14.6. The summed E-state index contributed by atoms with van der Waals surface area (Å²) in [5.41, 5.74) is 2.94. The van der Waals surface area contributed by atoms with Gasteiger partial charge in [-0.1, -0.05) is 18.2 Å². The van der Waals surface area contributed by atoms with Gasteiger partial charge in [-0.25, -0.2) is 9.18 Å². The molecule has 3 aromatic rings. The van der Waals surface area contributed by atoms with Gasteiger partial charge in [0.05, 0.1) is 18.9 Å². The third-order valence-corrected chi connectivity index (χ3v) is 4.92. The summed E-state index contributed by atoms with van der Waals surface area (Å²) >= 11 is 0. The summed E-state index contributed by atoms with van der Waals surface area (Å²) in [7, 11) is 0. The third kappa shape index (κ3) is 4.55. The number of carbonyl (C=O) groups is 1. The van der Waals surface area contributed by atoms with Crippen LogP contribution in [0, 0.1) is 12.7 Å². The number of hydrogen-bond donors (Lipinski definition) is 2. The Hall–Kier alpha value is -3.52. The quantitative estimate of drug-likeness (QED) is 0.682. The molecule has 0 atom stereocenters. The molecule has 2 heterocycles. The Bertz CT molecular complexity index is 1040. The Kier molecular flexibility index (Phi) is 5.85. The molecule has 154 valence electrons. The van der Waals surface area contributed by atoms with Crippen LogP contribution in [0.2, 0.25) is 0 Å². The van der Waals surface area contributed by atoms with E-state index in [1.165, 1.54) is 6.07 Å². The summed E-state index contributed by atoms with van der Waals surface area (Å²) in [5, 5.41) is 14.1. The second kappa shape index (κ2) is 8.87. The van der Waals surface area contributed by atoms with E-state index in [0.717, 1.165) is 24.5 Å². The fraction of sp³-hybridized carbons (Fsp3) is 0.227. The zero-order chi connectivity index (χ0) is 20.9. The molecule has 1 fully saturated rings. The second-order valence-electron chi connectivity index (χ2n) is 6.95. The number of nitrogens with zero attached hydrogens (tertiary/aromatic N) is 3. The van der Waals surface area contributed by atoms with E-state index < -0.39 is 6.03 Å². The number of carbonyl (C=O) groups excluding carboxylic acids is 1. The Morgan fingerprint density at radius 2 is 1.83 bits per heavy atom. The Balaban J connectivity index is 1.44. The van der Waals surface area contributed by atoms with E-state index in [1.807, 2.05) is 30.3 Å². The molecule has 0 radical (unpaired) electrons. The predicted molar refractivity (Wildman–Crippen MR) is 114 cm³/mol. The minimum atomic E-state index is -0.449. The Morgan fingerprint density at radius 1 is 1.03 bits per heavy atom. The third-order valence-electron chi connectivity index (χ3n) is 4.92. The zero-order valence-corrected chi connectivity index (χ0v) is 16.6. The van der Waals surface area contributed by atoms with Gasteiger partial charge >= 0.3 is 6.03 Å². The molecule has 1 aliphatic rings. The highest BCUT2D eigenvalue weighted by molar-refractivity contribution is 6.00. The van der Waals surface area contributed by atoms with Crippen LogP contribution >= 0.6 is 0 Å². The molecule has 1 aliphatic heterocycles. The van der Waals surface area contributed by atoms with Crippen molar-refractivity contribution in [2.45, 2.75) is 6.92 Å². The maximum absolute atomic E-state index is 13.7. The lowest BCUT2D eigenvalue weighted by molar-refractivity contribution is 0.122. The van der Waals surface area contributed by atoms with Crippen LogP contribution in [0.4, 0.5) is 26.4 Å². The van der Waals surface area contributed by atoms with Gasteiger partial charge in [0.2, 0.25) is 0 Å². The van der Waals surface area contributed by atoms with Crippen LogP contribution in [-0.4, -0.2) is 42.5 Å². The molecule has 1 aromatic heterocycles. The normalized spacial score (nSPS) is 13.7. The van der Waals surface area contributed by atoms with Crippen LogP contribution in [-0.2, 0) is 4.74 Å². The zero-order valence-electron chi connectivity index (χ0n) is 16.6. The summed E-state index contributed by atoms with van der Waals surface area (Å²) in [5.74, 6) is 0.454. The molecule has 0 saturated carbocycles. The second-order valence-corrected chi connectivity index (χ2v) is 6.95. The standard InChI is InChI=1S/C22H22FN5O2/c1-15-18(23)6-3-7-19(15)25-22(29)24-17-5-2-4-16(14-17)20-8-9-21(27-26-20)28-10-12-30-13-11-28/h2-9,14H,10-13H2,1H3,(H2,24,25,29). The van der Waals surface area contributed by atoms with E-state index in [2.05, 4.69) is 25.7 Å². The number of halogens is 1. The minimum Gasteiger partial charge on any atom is -0.378 e. The molecule has 2 N–H and O–H groups in total. The van der Waals surface area contributed by atoms with E-state index in [1.54, 1.807) is 25.1 Å². The molecule has 8 heteroatoms. The van der Waals surface area contributed by atoms with Gasteiger partial charge in [-0.15, -0.1) is 10.2 Å². The van der Waals surface area contributed by atoms with Gasteiger partial charge in [-0.3, -0.25) is 0 Å². The van der Waals surface area contributed by atoms with E-state index in [-0.39, 0.29) is 5.82 Å².